The Hall–Kier alpha value is -2.83. The highest BCUT2D eigenvalue weighted by Crippen LogP contribution is 2.20. The van der Waals surface area contributed by atoms with Crippen LogP contribution in [0.2, 0.25) is 0 Å². The van der Waals surface area contributed by atoms with Gasteiger partial charge in [0.2, 0.25) is 0 Å². The van der Waals surface area contributed by atoms with E-state index in [0.717, 1.165) is 29.4 Å². The van der Waals surface area contributed by atoms with E-state index in [-0.39, 0.29) is 0 Å². The Bertz CT molecular complexity index is 750. The molecule has 7 nitrogen and oxygen atoms in total. The van der Waals surface area contributed by atoms with Gasteiger partial charge < -0.3 is 5.32 Å². The summed E-state index contributed by atoms with van der Waals surface area (Å²) in [6, 6.07) is 5.75. The maximum Gasteiger partial charge on any atom is 0.156 e. The van der Waals surface area contributed by atoms with E-state index in [1.54, 1.807) is 17.2 Å². The van der Waals surface area contributed by atoms with Crippen LogP contribution in [-0.4, -0.2) is 36.3 Å². The molecule has 0 radical (unpaired) electrons. The topological polar surface area (TPSA) is 81.4 Å². The Labute approximate surface area is 122 Å². The van der Waals surface area contributed by atoms with Gasteiger partial charge in [-0.25, -0.2) is 19.9 Å². The van der Waals surface area contributed by atoms with Gasteiger partial charge in [0.15, 0.2) is 5.82 Å². The zero-order valence-corrected chi connectivity index (χ0v) is 11.9. The van der Waals surface area contributed by atoms with Gasteiger partial charge >= 0.3 is 0 Å². The van der Waals surface area contributed by atoms with Gasteiger partial charge in [-0.15, -0.1) is 0 Å². The molecule has 0 aliphatic rings. The molecule has 0 fully saturated rings. The van der Waals surface area contributed by atoms with Crippen LogP contribution in [0.4, 0.5) is 5.82 Å². The number of aromatic nitrogens is 6. The average molecular weight is 281 g/mol. The first-order valence-electron chi connectivity index (χ1n) is 6.67. The van der Waals surface area contributed by atoms with Gasteiger partial charge in [0.05, 0.1) is 5.69 Å². The van der Waals surface area contributed by atoms with Crippen molar-refractivity contribution in [2.75, 3.05) is 11.9 Å². The fourth-order valence-electron chi connectivity index (χ4n) is 2.01. The molecule has 0 aliphatic heterocycles. The van der Waals surface area contributed by atoms with E-state index in [4.69, 9.17) is 0 Å². The second kappa shape index (κ2) is 5.66. The van der Waals surface area contributed by atoms with Crippen LogP contribution in [0.3, 0.4) is 0 Å². The van der Waals surface area contributed by atoms with Gasteiger partial charge in [-0.05, 0) is 26.0 Å². The molecule has 0 amide bonds. The Morgan fingerprint density at radius 2 is 2.00 bits per heavy atom. The highest BCUT2D eigenvalue weighted by atomic mass is 15.4. The number of hydrogen-bond acceptors (Lipinski definition) is 6. The van der Waals surface area contributed by atoms with Crippen LogP contribution in [0.15, 0.2) is 37.1 Å². The Kier molecular flexibility index (Phi) is 3.55. The fourth-order valence-corrected chi connectivity index (χ4v) is 2.01. The number of aryl methyl sites for hydroxylation is 1. The van der Waals surface area contributed by atoms with Crippen molar-refractivity contribution in [3.63, 3.8) is 0 Å². The van der Waals surface area contributed by atoms with E-state index in [9.17, 15) is 0 Å². The molecule has 7 heteroatoms. The van der Waals surface area contributed by atoms with Crippen molar-refractivity contribution in [1.82, 2.24) is 29.7 Å². The molecule has 0 bridgehead atoms. The SMILES string of the molecule is CCNc1cc(-c2ccnc(-n3ncnc3C)c2)ncn1. The molecule has 0 atom stereocenters. The second-order valence-electron chi connectivity index (χ2n) is 4.44. The van der Waals surface area contributed by atoms with E-state index in [0.29, 0.717) is 5.82 Å². The Morgan fingerprint density at radius 1 is 1.10 bits per heavy atom. The maximum absolute atomic E-state index is 4.33. The van der Waals surface area contributed by atoms with Crippen LogP contribution in [0.25, 0.3) is 17.1 Å². The minimum Gasteiger partial charge on any atom is -0.370 e. The minimum atomic E-state index is 0.714. The van der Waals surface area contributed by atoms with Crippen LogP contribution in [0.1, 0.15) is 12.7 Å². The lowest BCUT2D eigenvalue weighted by atomic mass is 10.2. The molecule has 0 spiro atoms. The predicted octanol–water partition coefficient (Wildman–Crippen LogP) is 1.86. The van der Waals surface area contributed by atoms with Crippen molar-refractivity contribution >= 4 is 5.82 Å². The third-order valence-corrected chi connectivity index (χ3v) is 3.00. The van der Waals surface area contributed by atoms with Crippen LogP contribution in [-0.2, 0) is 0 Å². The van der Waals surface area contributed by atoms with Crippen molar-refractivity contribution in [3.05, 3.63) is 42.9 Å². The van der Waals surface area contributed by atoms with Crippen molar-refractivity contribution < 1.29 is 0 Å². The van der Waals surface area contributed by atoms with Crippen molar-refractivity contribution in [2.24, 2.45) is 0 Å². The summed E-state index contributed by atoms with van der Waals surface area (Å²) in [5, 5.41) is 7.34. The molecule has 3 heterocycles. The molecule has 1 N–H and O–H groups in total. The number of hydrogen-bond donors (Lipinski definition) is 1. The molecule has 0 aromatic carbocycles. The summed E-state index contributed by atoms with van der Waals surface area (Å²) in [6.07, 6.45) is 4.80. The molecule has 3 rings (SSSR count). The van der Waals surface area contributed by atoms with E-state index < -0.39 is 0 Å². The van der Waals surface area contributed by atoms with Crippen LogP contribution >= 0.6 is 0 Å². The minimum absolute atomic E-state index is 0.714. The second-order valence-corrected chi connectivity index (χ2v) is 4.44. The first kappa shape index (κ1) is 13.2. The molecule has 21 heavy (non-hydrogen) atoms. The van der Waals surface area contributed by atoms with Crippen molar-refractivity contribution in [2.45, 2.75) is 13.8 Å². The first-order valence-corrected chi connectivity index (χ1v) is 6.67. The zero-order valence-electron chi connectivity index (χ0n) is 11.9. The smallest absolute Gasteiger partial charge is 0.156 e. The monoisotopic (exact) mass is 281 g/mol. The maximum atomic E-state index is 4.33. The molecule has 106 valence electrons. The number of nitrogens with one attached hydrogen (secondary N) is 1. The van der Waals surface area contributed by atoms with E-state index in [2.05, 4.69) is 30.4 Å². The zero-order chi connectivity index (χ0) is 14.7. The molecular formula is C14H15N7. The Morgan fingerprint density at radius 3 is 2.76 bits per heavy atom. The van der Waals surface area contributed by atoms with Crippen LogP contribution in [0, 0.1) is 6.92 Å². The molecule has 0 saturated carbocycles. The lowest BCUT2D eigenvalue weighted by Gasteiger charge is -2.07. The molecule has 3 aromatic rings. The predicted molar refractivity (Wildman–Crippen MR) is 79.1 cm³/mol. The average Bonchev–Trinajstić information content (AvgIpc) is 2.94. The number of pyridine rings is 1. The van der Waals surface area contributed by atoms with Crippen LogP contribution in [0.5, 0.6) is 0 Å². The number of nitrogens with zero attached hydrogens (tertiary/aromatic N) is 6. The summed E-state index contributed by atoms with van der Waals surface area (Å²) in [4.78, 5) is 16.9. The lowest BCUT2D eigenvalue weighted by Crippen LogP contribution is -2.03. The van der Waals surface area contributed by atoms with Gasteiger partial charge in [-0.2, -0.15) is 9.78 Å². The van der Waals surface area contributed by atoms with Gasteiger partial charge in [0, 0.05) is 24.4 Å². The van der Waals surface area contributed by atoms with E-state index in [1.807, 2.05) is 32.0 Å². The largest absolute Gasteiger partial charge is 0.370 e. The standard InChI is InChI=1S/C14H15N7/c1-3-15-13-7-12(18-8-19-13)11-4-5-16-14(6-11)21-10(2)17-9-20-21/h4-9H,3H2,1-2H3,(H,15,18,19). The van der Waals surface area contributed by atoms with Gasteiger partial charge in [-0.1, -0.05) is 0 Å². The van der Waals surface area contributed by atoms with Crippen molar-refractivity contribution in [1.29, 1.82) is 0 Å². The Balaban J connectivity index is 2.00. The molecule has 3 aromatic heterocycles. The van der Waals surface area contributed by atoms with Gasteiger partial charge in [0.1, 0.15) is 24.3 Å². The summed E-state index contributed by atoms with van der Waals surface area (Å²) in [5.74, 6) is 2.31. The van der Waals surface area contributed by atoms with E-state index >= 15 is 0 Å². The summed E-state index contributed by atoms with van der Waals surface area (Å²) in [5.41, 5.74) is 1.79. The fraction of sp³-hybridized carbons (Fsp3) is 0.214. The lowest BCUT2D eigenvalue weighted by molar-refractivity contribution is 0.811. The van der Waals surface area contributed by atoms with Gasteiger partial charge in [-0.3, -0.25) is 0 Å². The third kappa shape index (κ3) is 2.71. The van der Waals surface area contributed by atoms with E-state index in [1.165, 1.54) is 6.33 Å². The molecule has 0 aliphatic carbocycles. The molecule has 0 saturated heterocycles. The summed E-state index contributed by atoms with van der Waals surface area (Å²) >= 11 is 0. The first-order chi connectivity index (χ1) is 10.3. The van der Waals surface area contributed by atoms with Crippen molar-refractivity contribution in [3.8, 4) is 17.1 Å². The summed E-state index contributed by atoms with van der Waals surface area (Å²) in [7, 11) is 0. The summed E-state index contributed by atoms with van der Waals surface area (Å²) < 4.78 is 1.69. The summed E-state index contributed by atoms with van der Waals surface area (Å²) in [6.45, 7) is 4.73. The van der Waals surface area contributed by atoms with Crippen LogP contribution < -0.4 is 5.32 Å². The quantitative estimate of drug-likeness (QED) is 0.786. The number of rotatable bonds is 4. The molecule has 0 unspecified atom stereocenters. The highest BCUT2D eigenvalue weighted by Gasteiger charge is 2.07. The highest BCUT2D eigenvalue weighted by molar-refractivity contribution is 5.63. The number of anilines is 1. The normalized spacial score (nSPS) is 10.6. The van der Waals surface area contributed by atoms with Gasteiger partial charge in [0.25, 0.3) is 0 Å². The molecular weight excluding hydrogens is 266 g/mol. The third-order valence-electron chi connectivity index (χ3n) is 3.00.